The first-order valence-corrected chi connectivity index (χ1v) is 3.91. The van der Waals surface area contributed by atoms with Crippen molar-refractivity contribution in [3.8, 4) is 0 Å². The molecule has 0 aliphatic carbocycles. The molecule has 11 heavy (non-hydrogen) atoms. The van der Waals surface area contributed by atoms with Crippen molar-refractivity contribution in [3.05, 3.63) is 0 Å². The minimum Gasteiger partial charge on any atom is -0.368 e. The highest BCUT2D eigenvalue weighted by Crippen LogP contribution is 2.13. The van der Waals surface area contributed by atoms with Gasteiger partial charge in [-0.25, -0.2) is 0 Å². The molecule has 1 rings (SSSR count). The van der Waals surface area contributed by atoms with Crippen LogP contribution in [-0.4, -0.2) is 31.7 Å². The third-order valence-corrected chi connectivity index (χ3v) is 1.29. The van der Waals surface area contributed by atoms with Crippen LogP contribution in [0.3, 0.4) is 0 Å². The Bertz CT molecular complexity index is 111. The second kappa shape index (κ2) is 3.52. The molecule has 3 heteroatoms. The van der Waals surface area contributed by atoms with E-state index in [0.717, 1.165) is 0 Å². The largest absolute Gasteiger partial charge is 0.368 e. The van der Waals surface area contributed by atoms with Gasteiger partial charge in [-0.05, 0) is 20.8 Å². The summed E-state index contributed by atoms with van der Waals surface area (Å²) >= 11 is 0. The lowest BCUT2D eigenvalue weighted by Crippen LogP contribution is -2.37. The SMILES string of the molecule is CC(C)(C)OC1COCOC1. The third kappa shape index (κ3) is 3.70. The molecule has 1 aliphatic heterocycles. The molecule has 1 aliphatic rings. The molecule has 0 aromatic rings. The molecule has 0 radical (unpaired) electrons. The molecule has 0 aromatic carbocycles. The lowest BCUT2D eigenvalue weighted by molar-refractivity contribution is -0.194. The summed E-state index contributed by atoms with van der Waals surface area (Å²) in [6.45, 7) is 7.80. The van der Waals surface area contributed by atoms with Crippen molar-refractivity contribution in [2.24, 2.45) is 0 Å². The normalized spacial score (nSPS) is 22.1. The molecule has 3 nitrogen and oxygen atoms in total. The van der Waals surface area contributed by atoms with Crippen LogP contribution in [-0.2, 0) is 14.2 Å². The van der Waals surface area contributed by atoms with Gasteiger partial charge >= 0.3 is 0 Å². The highest BCUT2D eigenvalue weighted by Gasteiger charge is 2.21. The monoisotopic (exact) mass is 160 g/mol. The average molecular weight is 160 g/mol. The van der Waals surface area contributed by atoms with Gasteiger partial charge < -0.3 is 14.2 Å². The zero-order valence-electron chi connectivity index (χ0n) is 7.42. The van der Waals surface area contributed by atoms with Crippen LogP contribution in [0.1, 0.15) is 20.8 Å². The molecule has 1 heterocycles. The molecule has 1 saturated heterocycles. The Labute approximate surface area is 67.6 Å². The molecule has 0 atom stereocenters. The second-order valence-corrected chi connectivity index (χ2v) is 3.71. The van der Waals surface area contributed by atoms with E-state index in [1.54, 1.807) is 0 Å². The van der Waals surface area contributed by atoms with Crippen LogP contribution in [0.2, 0.25) is 0 Å². The molecule has 66 valence electrons. The van der Waals surface area contributed by atoms with E-state index < -0.39 is 0 Å². The fraction of sp³-hybridized carbons (Fsp3) is 1.00. The molecule has 0 spiro atoms. The van der Waals surface area contributed by atoms with Crippen molar-refractivity contribution in [1.29, 1.82) is 0 Å². The van der Waals surface area contributed by atoms with E-state index in [-0.39, 0.29) is 11.7 Å². The van der Waals surface area contributed by atoms with E-state index in [4.69, 9.17) is 14.2 Å². The number of hydrogen-bond acceptors (Lipinski definition) is 3. The Morgan fingerprint density at radius 1 is 1.18 bits per heavy atom. The van der Waals surface area contributed by atoms with Gasteiger partial charge in [-0.2, -0.15) is 0 Å². The highest BCUT2D eigenvalue weighted by molar-refractivity contribution is 4.66. The minimum atomic E-state index is -0.102. The first-order valence-electron chi connectivity index (χ1n) is 3.91. The predicted molar refractivity (Wildman–Crippen MR) is 41.4 cm³/mol. The summed E-state index contributed by atoms with van der Waals surface area (Å²) in [5, 5.41) is 0. The van der Waals surface area contributed by atoms with E-state index in [2.05, 4.69) is 0 Å². The maximum Gasteiger partial charge on any atom is 0.146 e. The number of ether oxygens (including phenoxy) is 3. The molecule has 0 unspecified atom stereocenters. The van der Waals surface area contributed by atoms with Crippen LogP contribution in [0.25, 0.3) is 0 Å². The lowest BCUT2D eigenvalue weighted by atomic mass is 10.2. The van der Waals surface area contributed by atoms with Crippen LogP contribution in [0.5, 0.6) is 0 Å². The van der Waals surface area contributed by atoms with Gasteiger partial charge in [-0.3, -0.25) is 0 Å². The molecular weight excluding hydrogens is 144 g/mol. The first-order chi connectivity index (χ1) is 5.08. The zero-order chi connectivity index (χ0) is 8.32. The summed E-state index contributed by atoms with van der Waals surface area (Å²) in [6.07, 6.45) is 0.101. The van der Waals surface area contributed by atoms with Gasteiger partial charge in [0, 0.05) is 0 Å². The Morgan fingerprint density at radius 3 is 2.18 bits per heavy atom. The van der Waals surface area contributed by atoms with Crippen molar-refractivity contribution < 1.29 is 14.2 Å². The molecule has 0 aromatic heterocycles. The third-order valence-electron chi connectivity index (χ3n) is 1.29. The first kappa shape index (κ1) is 8.97. The van der Waals surface area contributed by atoms with Crippen molar-refractivity contribution in [3.63, 3.8) is 0 Å². The topological polar surface area (TPSA) is 27.7 Å². The second-order valence-electron chi connectivity index (χ2n) is 3.71. The molecule has 0 amide bonds. The van der Waals surface area contributed by atoms with Crippen molar-refractivity contribution >= 4 is 0 Å². The summed E-state index contributed by atoms with van der Waals surface area (Å²) in [5.41, 5.74) is -0.102. The molecule has 0 saturated carbocycles. The minimum absolute atomic E-state index is 0.101. The van der Waals surface area contributed by atoms with Gasteiger partial charge in [-0.15, -0.1) is 0 Å². The van der Waals surface area contributed by atoms with Crippen molar-refractivity contribution in [1.82, 2.24) is 0 Å². The molecular formula is C8H16O3. The molecule has 1 fully saturated rings. The van der Waals surface area contributed by atoms with E-state index in [0.29, 0.717) is 20.0 Å². The Kier molecular flexibility index (Phi) is 2.87. The summed E-state index contributed by atoms with van der Waals surface area (Å²) < 4.78 is 15.8. The molecule has 0 bridgehead atoms. The van der Waals surface area contributed by atoms with Crippen molar-refractivity contribution in [2.75, 3.05) is 20.0 Å². The Balaban J connectivity index is 2.24. The zero-order valence-corrected chi connectivity index (χ0v) is 7.42. The quantitative estimate of drug-likeness (QED) is 0.576. The predicted octanol–water partition coefficient (Wildman–Crippen LogP) is 1.17. The van der Waals surface area contributed by atoms with Gasteiger partial charge in [-0.1, -0.05) is 0 Å². The number of rotatable bonds is 1. The Hall–Kier alpha value is -0.120. The van der Waals surface area contributed by atoms with Gasteiger partial charge in [0.2, 0.25) is 0 Å². The van der Waals surface area contributed by atoms with Crippen LogP contribution in [0, 0.1) is 0 Å². The average Bonchev–Trinajstić information content (AvgIpc) is 1.85. The van der Waals surface area contributed by atoms with E-state index in [9.17, 15) is 0 Å². The standard InChI is InChI=1S/C8H16O3/c1-8(2,3)11-7-4-9-6-10-5-7/h7H,4-6H2,1-3H3. The maximum absolute atomic E-state index is 5.63. The summed E-state index contributed by atoms with van der Waals surface area (Å²) in [5.74, 6) is 0. The fourth-order valence-electron chi connectivity index (χ4n) is 1.03. The smallest absolute Gasteiger partial charge is 0.146 e. The fourth-order valence-corrected chi connectivity index (χ4v) is 1.03. The van der Waals surface area contributed by atoms with Crippen LogP contribution >= 0.6 is 0 Å². The van der Waals surface area contributed by atoms with Gasteiger partial charge in [0.15, 0.2) is 0 Å². The summed E-state index contributed by atoms with van der Waals surface area (Å²) in [6, 6.07) is 0. The van der Waals surface area contributed by atoms with Crippen LogP contribution in [0.4, 0.5) is 0 Å². The Morgan fingerprint density at radius 2 is 1.73 bits per heavy atom. The van der Waals surface area contributed by atoms with Crippen molar-refractivity contribution in [2.45, 2.75) is 32.5 Å². The van der Waals surface area contributed by atoms with E-state index in [1.807, 2.05) is 20.8 Å². The summed E-state index contributed by atoms with van der Waals surface area (Å²) in [7, 11) is 0. The van der Waals surface area contributed by atoms with Crippen LogP contribution in [0.15, 0.2) is 0 Å². The van der Waals surface area contributed by atoms with E-state index in [1.165, 1.54) is 0 Å². The number of hydrogen-bond donors (Lipinski definition) is 0. The van der Waals surface area contributed by atoms with Gasteiger partial charge in [0.25, 0.3) is 0 Å². The highest BCUT2D eigenvalue weighted by atomic mass is 16.7. The molecule has 0 N–H and O–H groups in total. The van der Waals surface area contributed by atoms with Gasteiger partial charge in [0.05, 0.1) is 18.8 Å². The van der Waals surface area contributed by atoms with Crippen LogP contribution < -0.4 is 0 Å². The van der Waals surface area contributed by atoms with E-state index >= 15 is 0 Å². The summed E-state index contributed by atoms with van der Waals surface area (Å²) in [4.78, 5) is 0. The van der Waals surface area contributed by atoms with Gasteiger partial charge in [0.1, 0.15) is 12.9 Å². The maximum atomic E-state index is 5.63. The lowest BCUT2D eigenvalue weighted by Gasteiger charge is -2.29.